The minimum absolute atomic E-state index is 0.494. The Kier molecular flexibility index (Phi) is 10.0. The summed E-state index contributed by atoms with van der Waals surface area (Å²) in [5.74, 6) is 1.62. The van der Waals surface area contributed by atoms with E-state index in [-0.39, 0.29) is 0 Å². The molecule has 11 aromatic rings. The Morgan fingerprint density at radius 1 is 0.306 bits per heavy atom. The molecular formula is C69H47NOS. The highest BCUT2D eigenvalue weighted by Gasteiger charge is 2.47. The molecule has 0 N–H and O–H groups in total. The molecule has 11 aromatic carbocycles. The molecule has 2 aliphatic carbocycles. The highest BCUT2D eigenvalue weighted by Crippen LogP contribution is 2.59. The first-order chi connectivity index (χ1) is 35.7. The molecule has 0 amide bonds. The Morgan fingerprint density at radius 3 is 1.32 bits per heavy atom. The molecular weight excluding hydrogens is 891 g/mol. The predicted octanol–water partition coefficient (Wildman–Crippen LogP) is 17.7. The second-order valence-electron chi connectivity index (χ2n) is 19.0. The molecule has 3 aliphatic rings. The molecule has 0 atom stereocenters. The summed E-state index contributed by atoms with van der Waals surface area (Å²) in [5, 5.41) is 0. The number of anilines is 3. The first-order valence-electron chi connectivity index (χ1n) is 24.8. The molecule has 3 heteroatoms. The van der Waals surface area contributed by atoms with Gasteiger partial charge in [-0.25, -0.2) is 0 Å². The summed E-state index contributed by atoms with van der Waals surface area (Å²) in [6, 6.07) is 101. The van der Waals surface area contributed by atoms with Gasteiger partial charge in [0.2, 0.25) is 0 Å². The molecule has 340 valence electrons. The molecule has 2 nitrogen and oxygen atoms in total. The molecule has 1 heterocycles. The third-order valence-corrected chi connectivity index (χ3v) is 16.3. The van der Waals surface area contributed by atoms with Crippen LogP contribution in [-0.4, -0.2) is 5.94 Å². The summed E-state index contributed by atoms with van der Waals surface area (Å²) in [5.41, 5.74) is 22.0. The molecule has 0 spiro atoms. The lowest BCUT2D eigenvalue weighted by Crippen LogP contribution is -2.28. The molecule has 72 heavy (non-hydrogen) atoms. The maximum Gasteiger partial charge on any atom is 0.138 e. The van der Waals surface area contributed by atoms with Crippen LogP contribution in [0, 0.1) is 0 Å². The van der Waals surface area contributed by atoms with Gasteiger partial charge >= 0.3 is 0 Å². The smallest absolute Gasteiger partial charge is 0.138 e. The van der Waals surface area contributed by atoms with Gasteiger partial charge < -0.3 is 9.64 Å². The van der Waals surface area contributed by atoms with E-state index >= 15 is 0 Å². The quantitative estimate of drug-likeness (QED) is 0.143. The van der Waals surface area contributed by atoms with Gasteiger partial charge in [0.15, 0.2) is 0 Å². The van der Waals surface area contributed by atoms with E-state index in [4.69, 9.17) is 4.74 Å². The lowest BCUT2D eigenvalue weighted by atomic mass is 9.67. The Morgan fingerprint density at radius 2 is 0.736 bits per heavy atom. The van der Waals surface area contributed by atoms with E-state index in [0.29, 0.717) is 5.94 Å². The van der Waals surface area contributed by atoms with Crippen LogP contribution in [0.25, 0.3) is 44.5 Å². The lowest BCUT2D eigenvalue weighted by molar-refractivity contribution is 0.398. The van der Waals surface area contributed by atoms with Crippen LogP contribution < -0.4 is 9.64 Å². The standard InChI is InChI=1S/C69H47NOS/c1-5-19-51(20-6-1)68(52-21-7-2-8-22-52)62-30-15-13-28-58(62)60-39-34-49(43-64(60)68)48-18-17-27-56(42-48)70(55-36-32-47(33-37-55)50-35-41-67-66(44-50)71-46-72-67)57-38-40-61-59-29-14-16-31-63(59)69(65(61)45-57,53-23-9-3-10-24-53)54-25-11-4-12-26-54/h1-45H,46H2. The van der Waals surface area contributed by atoms with Gasteiger partial charge in [0.25, 0.3) is 0 Å². The third-order valence-electron chi connectivity index (χ3n) is 15.4. The van der Waals surface area contributed by atoms with Crippen molar-refractivity contribution >= 4 is 28.8 Å². The first-order valence-corrected chi connectivity index (χ1v) is 25.8. The largest absolute Gasteiger partial charge is 0.481 e. The van der Waals surface area contributed by atoms with Crippen molar-refractivity contribution in [1.29, 1.82) is 0 Å². The van der Waals surface area contributed by atoms with E-state index in [1.807, 2.05) is 0 Å². The van der Waals surface area contributed by atoms with Crippen molar-refractivity contribution < 1.29 is 4.74 Å². The van der Waals surface area contributed by atoms with Crippen LogP contribution in [0.15, 0.2) is 278 Å². The molecule has 0 bridgehead atoms. The van der Waals surface area contributed by atoms with Gasteiger partial charge in [0.05, 0.1) is 15.7 Å². The number of hydrogen-bond acceptors (Lipinski definition) is 3. The van der Waals surface area contributed by atoms with Gasteiger partial charge in [-0.15, -0.1) is 0 Å². The van der Waals surface area contributed by atoms with Crippen molar-refractivity contribution in [2.45, 2.75) is 15.7 Å². The van der Waals surface area contributed by atoms with E-state index in [1.54, 1.807) is 11.8 Å². The van der Waals surface area contributed by atoms with Crippen LogP contribution in [0.1, 0.15) is 44.5 Å². The fraction of sp³-hybridized carbons (Fsp3) is 0.0435. The number of rotatable bonds is 9. The van der Waals surface area contributed by atoms with Gasteiger partial charge in [0.1, 0.15) is 11.7 Å². The average molecular weight is 938 g/mol. The zero-order valence-corrected chi connectivity index (χ0v) is 40.3. The van der Waals surface area contributed by atoms with Crippen molar-refractivity contribution in [3.05, 3.63) is 317 Å². The maximum atomic E-state index is 5.98. The second-order valence-corrected chi connectivity index (χ2v) is 20.0. The van der Waals surface area contributed by atoms with Crippen molar-refractivity contribution in [3.8, 4) is 50.3 Å². The summed E-state index contributed by atoms with van der Waals surface area (Å²) >= 11 is 1.75. The number of ether oxygens (including phenoxy) is 1. The van der Waals surface area contributed by atoms with Crippen LogP contribution in [0.3, 0.4) is 0 Å². The van der Waals surface area contributed by atoms with Crippen molar-refractivity contribution in [2.75, 3.05) is 10.8 Å². The van der Waals surface area contributed by atoms with Gasteiger partial charge in [-0.1, -0.05) is 230 Å². The minimum atomic E-state index is -0.540. The van der Waals surface area contributed by atoms with Crippen LogP contribution in [0.5, 0.6) is 5.75 Å². The van der Waals surface area contributed by atoms with Crippen molar-refractivity contribution in [2.24, 2.45) is 0 Å². The van der Waals surface area contributed by atoms with Crippen LogP contribution in [-0.2, 0) is 10.8 Å². The monoisotopic (exact) mass is 937 g/mol. The van der Waals surface area contributed by atoms with E-state index in [1.165, 1.54) is 77.2 Å². The summed E-state index contributed by atoms with van der Waals surface area (Å²) in [4.78, 5) is 3.64. The molecule has 14 rings (SSSR count). The van der Waals surface area contributed by atoms with Crippen LogP contribution in [0.4, 0.5) is 17.1 Å². The van der Waals surface area contributed by atoms with E-state index in [0.717, 1.165) is 39.5 Å². The molecule has 0 saturated carbocycles. The van der Waals surface area contributed by atoms with E-state index in [2.05, 4.69) is 278 Å². The maximum absolute atomic E-state index is 5.98. The number of thioether (sulfide) groups is 1. The van der Waals surface area contributed by atoms with Gasteiger partial charge in [-0.2, -0.15) is 0 Å². The van der Waals surface area contributed by atoms with E-state index in [9.17, 15) is 0 Å². The highest BCUT2D eigenvalue weighted by atomic mass is 32.2. The predicted molar refractivity (Wildman–Crippen MR) is 298 cm³/mol. The topological polar surface area (TPSA) is 12.5 Å². The number of hydrogen-bond donors (Lipinski definition) is 0. The Bertz CT molecular complexity index is 3750. The molecule has 0 radical (unpaired) electrons. The number of fused-ring (bicyclic) bond motifs is 7. The van der Waals surface area contributed by atoms with E-state index < -0.39 is 10.8 Å². The van der Waals surface area contributed by atoms with Crippen LogP contribution >= 0.6 is 11.8 Å². The fourth-order valence-corrected chi connectivity index (χ4v) is 13.1. The molecule has 0 unspecified atom stereocenters. The highest BCUT2D eigenvalue weighted by molar-refractivity contribution is 7.99. The Hall–Kier alpha value is -8.63. The zero-order valence-electron chi connectivity index (χ0n) is 39.5. The molecule has 0 aromatic heterocycles. The summed E-state index contributed by atoms with van der Waals surface area (Å²) in [7, 11) is 0. The first kappa shape index (κ1) is 42.3. The second kappa shape index (κ2) is 17.1. The molecule has 0 saturated heterocycles. The van der Waals surface area contributed by atoms with Crippen molar-refractivity contribution in [3.63, 3.8) is 0 Å². The van der Waals surface area contributed by atoms with Gasteiger partial charge in [-0.3, -0.25) is 0 Å². The summed E-state index contributed by atoms with van der Waals surface area (Å²) < 4.78 is 5.98. The normalized spacial score (nSPS) is 14.1. The Balaban J connectivity index is 0.960. The summed E-state index contributed by atoms with van der Waals surface area (Å²) in [6.45, 7) is 0. The summed E-state index contributed by atoms with van der Waals surface area (Å²) in [6.07, 6.45) is 0. The zero-order chi connectivity index (χ0) is 47.6. The average Bonchev–Trinajstić information content (AvgIpc) is 4.15. The van der Waals surface area contributed by atoms with Gasteiger partial charge in [0, 0.05) is 17.1 Å². The Labute approximate surface area is 425 Å². The third kappa shape index (κ3) is 6.44. The van der Waals surface area contributed by atoms with Gasteiger partial charge in [-0.05, 0) is 144 Å². The molecule has 1 aliphatic heterocycles. The fourth-order valence-electron chi connectivity index (χ4n) is 12.3. The molecule has 0 fully saturated rings. The number of nitrogens with zero attached hydrogens (tertiary/aromatic N) is 1. The lowest BCUT2D eigenvalue weighted by Gasteiger charge is -2.35. The van der Waals surface area contributed by atoms with Crippen LogP contribution in [0.2, 0.25) is 0 Å². The minimum Gasteiger partial charge on any atom is -0.481 e. The van der Waals surface area contributed by atoms with Crippen molar-refractivity contribution in [1.82, 2.24) is 0 Å². The number of benzene rings is 11. The SMILES string of the molecule is c1ccc(C2(c3ccccc3)c3ccccc3-c3ccc(-c4cccc(N(c5ccc(-c6ccc7c(c6)OCS7)cc5)c5ccc6c(c5)C(c5ccccc5)(c5ccccc5)c5ccccc5-6)c4)cc32)cc1.